The summed E-state index contributed by atoms with van der Waals surface area (Å²) in [5.41, 5.74) is 1.15. The quantitative estimate of drug-likeness (QED) is 0.191. The molecule has 2 amide bonds. The zero-order valence-corrected chi connectivity index (χ0v) is 30.0. The molecule has 5 unspecified atom stereocenters. The van der Waals surface area contributed by atoms with E-state index in [2.05, 4.69) is 25.7 Å². The van der Waals surface area contributed by atoms with E-state index in [0.717, 1.165) is 21.7 Å². The number of benzene rings is 1. The minimum Gasteiger partial charge on any atom is -0.496 e. The molecule has 3 aromatic rings. The van der Waals surface area contributed by atoms with Crippen molar-refractivity contribution in [3.63, 3.8) is 0 Å². The summed E-state index contributed by atoms with van der Waals surface area (Å²) in [5.74, 6) is -0.276. The highest BCUT2D eigenvalue weighted by Gasteiger charge is 2.62. The fourth-order valence-corrected chi connectivity index (χ4v) is 7.13. The first-order chi connectivity index (χ1) is 22.6. The largest absolute Gasteiger partial charge is 0.496 e. The van der Waals surface area contributed by atoms with E-state index in [4.69, 9.17) is 28.9 Å². The number of methoxy groups -OCH3 is 1. The summed E-state index contributed by atoms with van der Waals surface area (Å²) >= 11 is 1.51. The second-order valence-electron chi connectivity index (χ2n) is 13.8. The third-order valence-electron chi connectivity index (χ3n) is 8.96. The maximum Gasteiger partial charge on any atom is 0.411 e. The summed E-state index contributed by atoms with van der Waals surface area (Å²) in [4.78, 5) is 51.9. The number of aryl methyl sites for hydroxylation is 1. The molecule has 1 N–H and O–H groups in total. The molecule has 12 heteroatoms. The summed E-state index contributed by atoms with van der Waals surface area (Å²) in [5, 5.41) is 6.48. The standard InChI is InChI=1S/C36H46N4O7S/c1-11-22-16-36(22,33(42)45-12-2)39-31(41)30-21(6)28(17-40(30)34(43)47-35(7,8)9)46-27-15-24(32-38-25(18-48-32)19(3)4)37-29-20(5)26(44-10)14-13-23(27)29/h11,13-15,18-19,21-22,28,30H,1,12,16-17H2,2-10H3,(H,39,41). The van der Waals surface area contributed by atoms with E-state index in [1.165, 1.54) is 16.2 Å². The van der Waals surface area contributed by atoms with Gasteiger partial charge in [-0.2, -0.15) is 0 Å². The molecule has 1 saturated heterocycles. The fraction of sp³-hybridized carbons (Fsp3) is 0.528. The maximum atomic E-state index is 14.1. The van der Waals surface area contributed by atoms with Crippen LogP contribution in [0.4, 0.5) is 4.79 Å². The average Bonchev–Trinajstić information content (AvgIpc) is 3.33. The molecule has 0 radical (unpaired) electrons. The Kier molecular flexibility index (Phi) is 9.79. The predicted octanol–water partition coefficient (Wildman–Crippen LogP) is 6.43. The fourth-order valence-electron chi connectivity index (χ4n) is 6.19. The Morgan fingerprint density at radius 3 is 2.52 bits per heavy atom. The highest BCUT2D eigenvalue weighted by atomic mass is 32.1. The number of nitrogens with zero attached hydrogens (tertiary/aromatic N) is 3. The van der Waals surface area contributed by atoms with Crippen molar-refractivity contribution in [2.45, 2.75) is 91.0 Å². The molecule has 1 aromatic carbocycles. The van der Waals surface area contributed by atoms with E-state index >= 15 is 0 Å². The summed E-state index contributed by atoms with van der Waals surface area (Å²) in [6.07, 6.45) is 0.761. The van der Waals surface area contributed by atoms with Crippen LogP contribution in [0.3, 0.4) is 0 Å². The van der Waals surface area contributed by atoms with Crippen LogP contribution in [0.25, 0.3) is 21.6 Å². The number of amides is 2. The van der Waals surface area contributed by atoms with Crippen molar-refractivity contribution in [3.05, 3.63) is 47.5 Å². The van der Waals surface area contributed by atoms with Crippen molar-refractivity contribution in [1.29, 1.82) is 0 Å². The number of esters is 1. The lowest BCUT2D eigenvalue weighted by molar-refractivity contribution is -0.149. The van der Waals surface area contributed by atoms with Gasteiger partial charge in [0.25, 0.3) is 0 Å². The Morgan fingerprint density at radius 2 is 1.94 bits per heavy atom. The Labute approximate surface area is 286 Å². The zero-order chi connectivity index (χ0) is 35.1. The van der Waals surface area contributed by atoms with E-state index in [-0.39, 0.29) is 25.0 Å². The molecule has 1 saturated carbocycles. The van der Waals surface area contributed by atoms with Gasteiger partial charge in [0, 0.05) is 34.2 Å². The number of aromatic nitrogens is 2. The third-order valence-corrected chi connectivity index (χ3v) is 9.84. The van der Waals surface area contributed by atoms with Crippen LogP contribution in [0.1, 0.15) is 72.1 Å². The number of thiazole rings is 1. The third kappa shape index (κ3) is 6.72. The zero-order valence-electron chi connectivity index (χ0n) is 29.2. The smallest absolute Gasteiger partial charge is 0.411 e. The van der Waals surface area contributed by atoms with Crippen molar-refractivity contribution in [3.8, 4) is 22.2 Å². The number of fused-ring (bicyclic) bond motifs is 1. The number of carbonyl (C=O) groups excluding carboxylic acids is 3. The summed E-state index contributed by atoms with van der Waals surface area (Å²) in [7, 11) is 1.62. The number of rotatable bonds is 10. The molecular weight excluding hydrogens is 632 g/mol. The molecule has 2 aliphatic rings. The molecule has 0 bridgehead atoms. The Balaban J connectivity index is 1.53. The van der Waals surface area contributed by atoms with Crippen LogP contribution in [-0.2, 0) is 19.1 Å². The molecule has 1 aliphatic heterocycles. The second-order valence-corrected chi connectivity index (χ2v) is 14.7. The van der Waals surface area contributed by atoms with Gasteiger partial charge in [0.2, 0.25) is 5.91 Å². The van der Waals surface area contributed by atoms with Gasteiger partial charge in [-0.15, -0.1) is 17.9 Å². The van der Waals surface area contributed by atoms with Crippen LogP contribution in [0.15, 0.2) is 36.2 Å². The highest BCUT2D eigenvalue weighted by Crippen LogP contribution is 2.46. The highest BCUT2D eigenvalue weighted by molar-refractivity contribution is 7.13. The number of nitrogens with one attached hydrogen (secondary N) is 1. The normalized spacial score (nSPS) is 23.6. The van der Waals surface area contributed by atoms with Crippen molar-refractivity contribution in [2.75, 3.05) is 20.3 Å². The lowest BCUT2D eigenvalue weighted by Gasteiger charge is -2.30. The van der Waals surface area contributed by atoms with Crippen LogP contribution in [-0.4, -0.2) is 76.4 Å². The molecule has 258 valence electrons. The van der Waals surface area contributed by atoms with Crippen LogP contribution in [0.5, 0.6) is 11.5 Å². The maximum absolute atomic E-state index is 14.1. The van der Waals surface area contributed by atoms with E-state index in [9.17, 15) is 14.4 Å². The van der Waals surface area contributed by atoms with Crippen molar-refractivity contribution < 1.29 is 33.3 Å². The van der Waals surface area contributed by atoms with Gasteiger partial charge in [0.1, 0.15) is 45.5 Å². The lowest BCUT2D eigenvalue weighted by Crippen LogP contribution is -2.55. The number of ether oxygens (including phenoxy) is 4. The van der Waals surface area contributed by atoms with Gasteiger partial charge in [-0.1, -0.05) is 26.8 Å². The van der Waals surface area contributed by atoms with Crippen LogP contribution >= 0.6 is 11.3 Å². The van der Waals surface area contributed by atoms with E-state index in [1.807, 2.05) is 37.4 Å². The van der Waals surface area contributed by atoms with Gasteiger partial charge >= 0.3 is 12.1 Å². The molecule has 5 rings (SSSR count). The van der Waals surface area contributed by atoms with E-state index in [1.54, 1.807) is 40.9 Å². The van der Waals surface area contributed by atoms with Gasteiger partial charge in [-0.05, 0) is 59.1 Å². The number of pyridine rings is 1. The van der Waals surface area contributed by atoms with Gasteiger partial charge in [-0.3, -0.25) is 9.69 Å². The number of hydrogen-bond acceptors (Lipinski definition) is 10. The first-order valence-corrected chi connectivity index (χ1v) is 17.2. The van der Waals surface area contributed by atoms with Gasteiger partial charge in [0.05, 0.1) is 31.5 Å². The monoisotopic (exact) mass is 678 g/mol. The van der Waals surface area contributed by atoms with Crippen molar-refractivity contribution >= 4 is 40.2 Å². The van der Waals surface area contributed by atoms with Gasteiger partial charge in [0.15, 0.2) is 0 Å². The SMILES string of the molecule is C=CC1CC1(NC(=O)C1C(C)C(Oc2cc(-c3nc(C(C)C)cs3)nc3c(C)c(OC)ccc23)CN1C(=O)OC(C)(C)C)C(=O)OCC. The first kappa shape index (κ1) is 35.1. The molecule has 5 atom stereocenters. The molecule has 0 spiro atoms. The van der Waals surface area contributed by atoms with Gasteiger partial charge < -0.3 is 24.3 Å². The van der Waals surface area contributed by atoms with Crippen LogP contribution < -0.4 is 14.8 Å². The van der Waals surface area contributed by atoms with Crippen molar-refractivity contribution in [1.82, 2.24) is 20.2 Å². The second kappa shape index (κ2) is 13.4. The van der Waals surface area contributed by atoms with Gasteiger partial charge in [-0.25, -0.2) is 19.6 Å². The molecule has 48 heavy (non-hydrogen) atoms. The topological polar surface area (TPSA) is 129 Å². The molecule has 11 nitrogen and oxygen atoms in total. The van der Waals surface area contributed by atoms with Crippen molar-refractivity contribution in [2.24, 2.45) is 11.8 Å². The number of hydrogen-bond donors (Lipinski definition) is 1. The van der Waals surface area contributed by atoms with E-state index < -0.39 is 47.2 Å². The molecule has 1 aliphatic carbocycles. The molecule has 2 aromatic heterocycles. The minimum absolute atomic E-state index is 0.0779. The summed E-state index contributed by atoms with van der Waals surface area (Å²) in [6.45, 7) is 19.1. The molecular formula is C36H46N4O7S. The molecule has 2 fully saturated rings. The average molecular weight is 679 g/mol. The Bertz CT molecular complexity index is 1730. The summed E-state index contributed by atoms with van der Waals surface area (Å²) < 4.78 is 23.4. The summed E-state index contributed by atoms with van der Waals surface area (Å²) in [6, 6.07) is 4.65. The van der Waals surface area contributed by atoms with Crippen LogP contribution in [0, 0.1) is 18.8 Å². The predicted molar refractivity (Wildman–Crippen MR) is 184 cm³/mol. The number of likely N-dealkylation sites (tertiary alicyclic amines) is 1. The number of carbonyl (C=O) groups is 3. The Morgan fingerprint density at radius 1 is 1.21 bits per heavy atom. The Hall–Kier alpha value is -4.19. The lowest BCUT2D eigenvalue weighted by atomic mass is 9.98. The first-order valence-electron chi connectivity index (χ1n) is 16.4. The van der Waals surface area contributed by atoms with Crippen LogP contribution in [0.2, 0.25) is 0 Å². The van der Waals surface area contributed by atoms with E-state index in [0.29, 0.717) is 29.1 Å². The minimum atomic E-state index is -1.22. The molecule has 3 heterocycles.